The van der Waals surface area contributed by atoms with Crippen molar-refractivity contribution in [3.05, 3.63) is 18.2 Å². The van der Waals surface area contributed by atoms with E-state index in [4.69, 9.17) is 5.21 Å². The van der Waals surface area contributed by atoms with Gasteiger partial charge in [-0.15, -0.1) is 5.10 Å². The van der Waals surface area contributed by atoms with Gasteiger partial charge in [0.2, 0.25) is 5.75 Å². The topological polar surface area (TPSA) is 70.8 Å². The molecule has 1 radical (unpaired) electrons. The smallest absolute Gasteiger partial charge is 0.208 e. The molecule has 1 aromatic heterocycles. The molecule has 1 N–H and O–H groups in total. The third-order valence-corrected chi connectivity index (χ3v) is 1.42. The van der Waals surface area contributed by atoms with Crippen LogP contribution in [0.4, 0.5) is 0 Å². The molecular formula is C6H4N3O2. The van der Waals surface area contributed by atoms with Crippen molar-refractivity contribution >= 4 is 11.0 Å². The van der Waals surface area contributed by atoms with Crippen LogP contribution >= 0.6 is 0 Å². The van der Waals surface area contributed by atoms with Gasteiger partial charge in [-0.1, -0.05) is 10.9 Å². The Morgan fingerprint density at radius 2 is 2.27 bits per heavy atom. The van der Waals surface area contributed by atoms with E-state index in [1.165, 1.54) is 6.07 Å². The highest BCUT2D eigenvalue weighted by Crippen LogP contribution is 2.20. The minimum atomic E-state index is -0.234. The Kier molecular flexibility index (Phi) is 1.00. The molecule has 2 rings (SSSR count). The lowest BCUT2D eigenvalue weighted by atomic mass is 10.3. The van der Waals surface area contributed by atoms with Gasteiger partial charge in [-0.25, -0.2) is 0 Å². The zero-order valence-electron chi connectivity index (χ0n) is 5.43. The molecule has 1 heterocycles. The van der Waals surface area contributed by atoms with Crippen LogP contribution in [0.1, 0.15) is 0 Å². The minimum Gasteiger partial charge on any atom is -0.410 e. The first-order chi connectivity index (χ1) is 5.29. The average Bonchev–Trinajstić information content (AvgIpc) is 2.35. The fourth-order valence-corrected chi connectivity index (χ4v) is 0.908. The quantitative estimate of drug-likeness (QED) is 0.565. The second kappa shape index (κ2) is 1.85. The summed E-state index contributed by atoms with van der Waals surface area (Å²) in [6.45, 7) is 0. The molecule has 1 aromatic carbocycles. The molecule has 11 heavy (non-hydrogen) atoms. The molecule has 0 atom stereocenters. The Bertz CT molecular complexity index is 396. The fraction of sp³-hybridized carbons (Fsp3) is 0. The highest BCUT2D eigenvalue weighted by Gasteiger charge is 2.06. The summed E-state index contributed by atoms with van der Waals surface area (Å²) in [6, 6.07) is 4.48. The monoisotopic (exact) mass is 150 g/mol. The molecule has 0 aliphatic heterocycles. The Morgan fingerprint density at radius 1 is 1.45 bits per heavy atom. The number of fused-ring (bicyclic) bond motifs is 1. The molecule has 55 valence electrons. The summed E-state index contributed by atoms with van der Waals surface area (Å²) in [5.41, 5.74) is 0.521. The van der Waals surface area contributed by atoms with Gasteiger partial charge in [-0.05, 0) is 17.3 Å². The van der Waals surface area contributed by atoms with Gasteiger partial charge < -0.3 is 5.21 Å². The second-order valence-corrected chi connectivity index (χ2v) is 2.10. The van der Waals surface area contributed by atoms with Crippen molar-refractivity contribution < 1.29 is 10.3 Å². The third-order valence-electron chi connectivity index (χ3n) is 1.42. The van der Waals surface area contributed by atoms with Gasteiger partial charge in [-0.2, -0.15) is 0 Å². The van der Waals surface area contributed by atoms with Gasteiger partial charge in [-0.3, -0.25) is 5.11 Å². The summed E-state index contributed by atoms with van der Waals surface area (Å²) in [4.78, 5) is 0.580. The van der Waals surface area contributed by atoms with Crippen LogP contribution in [-0.4, -0.2) is 20.4 Å². The molecule has 5 heteroatoms. The summed E-state index contributed by atoms with van der Waals surface area (Å²) < 4.78 is 0. The molecule has 0 saturated heterocycles. The van der Waals surface area contributed by atoms with E-state index in [2.05, 4.69) is 10.3 Å². The van der Waals surface area contributed by atoms with E-state index in [1.54, 1.807) is 12.1 Å². The second-order valence-electron chi connectivity index (χ2n) is 2.10. The minimum absolute atomic E-state index is 0.190. The van der Waals surface area contributed by atoms with Gasteiger partial charge >= 0.3 is 0 Å². The number of hydrogen-bond donors (Lipinski definition) is 1. The Morgan fingerprint density at radius 3 is 3.00 bits per heavy atom. The first kappa shape index (κ1) is 5.96. The van der Waals surface area contributed by atoms with Gasteiger partial charge in [0, 0.05) is 0 Å². The first-order valence-electron chi connectivity index (χ1n) is 3.00. The number of benzene rings is 1. The first-order valence-corrected chi connectivity index (χ1v) is 3.00. The molecule has 0 spiro atoms. The van der Waals surface area contributed by atoms with Crippen molar-refractivity contribution in [1.29, 1.82) is 0 Å². The van der Waals surface area contributed by atoms with Gasteiger partial charge in [0.05, 0.1) is 0 Å². The van der Waals surface area contributed by atoms with Crippen LogP contribution in [0.15, 0.2) is 18.2 Å². The van der Waals surface area contributed by atoms with Crippen molar-refractivity contribution in [2.45, 2.75) is 0 Å². The van der Waals surface area contributed by atoms with Crippen molar-refractivity contribution in [2.75, 3.05) is 0 Å². The van der Waals surface area contributed by atoms with E-state index in [-0.39, 0.29) is 11.3 Å². The highest BCUT2D eigenvalue weighted by atomic mass is 16.5. The molecule has 0 unspecified atom stereocenters. The van der Waals surface area contributed by atoms with Crippen molar-refractivity contribution in [3.8, 4) is 5.75 Å². The van der Waals surface area contributed by atoms with Crippen molar-refractivity contribution in [1.82, 2.24) is 15.2 Å². The summed E-state index contributed by atoms with van der Waals surface area (Å²) >= 11 is 0. The summed E-state index contributed by atoms with van der Waals surface area (Å²) in [5.74, 6) is -0.234. The number of nitrogens with zero attached hydrogens (tertiary/aromatic N) is 3. The average molecular weight is 150 g/mol. The van der Waals surface area contributed by atoms with E-state index in [0.717, 1.165) is 0 Å². The molecule has 0 aliphatic rings. The molecule has 2 aromatic rings. The Hall–Kier alpha value is -1.78. The summed E-state index contributed by atoms with van der Waals surface area (Å²) in [5, 5.41) is 26.7. The lowest BCUT2D eigenvalue weighted by Gasteiger charge is -1.88. The molecule has 0 bridgehead atoms. The zero-order chi connectivity index (χ0) is 7.84. The molecule has 0 fully saturated rings. The molecule has 5 nitrogen and oxygen atoms in total. The van der Waals surface area contributed by atoms with E-state index in [9.17, 15) is 5.11 Å². The van der Waals surface area contributed by atoms with Gasteiger partial charge in [0.25, 0.3) is 0 Å². The van der Waals surface area contributed by atoms with Crippen LogP contribution in [0.2, 0.25) is 0 Å². The molecular weight excluding hydrogens is 146 g/mol. The fourth-order valence-electron chi connectivity index (χ4n) is 0.908. The number of rotatable bonds is 0. The van der Waals surface area contributed by atoms with Crippen LogP contribution in [0, 0.1) is 0 Å². The number of hydrogen-bond acceptors (Lipinski definition) is 3. The van der Waals surface area contributed by atoms with E-state index >= 15 is 0 Å². The van der Waals surface area contributed by atoms with Gasteiger partial charge in [0.15, 0.2) is 5.52 Å². The zero-order valence-corrected chi connectivity index (χ0v) is 5.43. The van der Waals surface area contributed by atoms with E-state index < -0.39 is 0 Å². The van der Waals surface area contributed by atoms with Gasteiger partial charge in [0.1, 0.15) is 5.52 Å². The van der Waals surface area contributed by atoms with Crippen molar-refractivity contribution in [3.63, 3.8) is 0 Å². The largest absolute Gasteiger partial charge is 0.410 e. The van der Waals surface area contributed by atoms with Crippen LogP contribution in [0.3, 0.4) is 0 Å². The maximum atomic E-state index is 11.0. The highest BCUT2D eigenvalue weighted by molar-refractivity contribution is 5.80. The standard InChI is InChI=1S/C6H4N3O2/c10-5-3-1-2-4-6(5)7-8-9(4)11/h1-3,11H. The van der Waals surface area contributed by atoms with Crippen LogP contribution in [0.25, 0.3) is 11.0 Å². The molecule has 0 amide bonds. The van der Waals surface area contributed by atoms with Crippen LogP contribution in [-0.2, 0) is 5.11 Å². The van der Waals surface area contributed by atoms with E-state index in [0.29, 0.717) is 10.4 Å². The van der Waals surface area contributed by atoms with E-state index in [1.807, 2.05) is 0 Å². The van der Waals surface area contributed by atoms with Crippen LogP contribution in [0.5, 0.6) is 5.75 Å². The van der Waals surface area contributed by atoms with Crippen molar-refractivity contribution in [2.24, 2.45) is 0 Å². The number of aromatic nitrogens is 3. The predicted molar refractivity (Wildman–Crippen MR) is 34.8 cm³/mol. The third kappa shape index (κ3) is 0.706. The summed E-state index contributed by atoms with van der Waals surface area (Å²) in [7, 11) is 0. The summed E-state index contributed by atoms with van der Waals surface area (Å²) in [6.07, 6.45) is 0. The Balaban J connectivity index is 2.94. The lowest BCUT2D eigenvalue weighted by molar-refractivity contribution is 0.154. The maximum Gasteiger partial charge on any atom is 0.208 e. The molecule has 0 saturated carbocycles. The van der Waals surface area contributed by atoms with Crippen LogP contribution < -0.4 is 0 Å². The Labute approximate surface area is 61.5 Å². The lowest BCUT2D eigenvalue weighted by Crippen LogP contribution is -1.90. The normalized spacial score (nSPS) is 10.5. The molecule has 0 aliphatic carbocycles. The maximum absolute atomic E-state index is 11.0. The SMILES string of the molecule is [O]c1cccc2c1nnn2O. The predicted octanol–water partition coefficient (Wildman–Crippen LogP) is 0.812.